The van der Waals surface area contributed by atoms with E-state index < -0.39 is 5.60 Å². The molecule has 6 saturated carbocycles. The lowest BCUT2D eigenvalue weighted by Crippen LogP contribution is -2.58. The van der Waals surface area contributed by atoms with Crippen molar-refractivity contribution in [2.24, 2.45) is 53.3 Å². The highest BCUT2D eigenvalue weighted by Crippen LogP contribution is 2.50. The zero-order valence-corrected chi connectivity index (χ0v) is 30.1. The van der Waals surface area contributed by atoms with Gasteiger partial charge in [-0.2, -0.15) is 5.26 Å². The summed E-state index contributed by atoms with van der Waals surface area (Å²) in [6.45, 7) is 0.369. The molecule has 6 rings (SSSR count). The van der Waals surface area contributed by atoms with Crippen molar-refractivity contribution >= 4 is 0 Å². The third kappa shape index (κ3) is 8.61. The molecule has 0 amide bonds. The van der Waals surface area contributed by atoms with Gasteiger partial charge in [-0.15, -0.1) is 0 Å². The van der Waals surface area contributed by atoms with Gasteiger partial charge in [-0.05, 0) is 189 Å². The second-order valence-electron chi connectivity index (χ2n) is 17.6. The molecule has 6 fully saturated rings. The predicted molar refractivity (Wildman–Crippen MR) is 188 cm³/mol. The standard InChI is InChI=1S/C41H70N2O4/c1-46-37-20-11-32(12-21-37)30-7-16-35(17-8-30)41(45,27-42)39-25-34(33-13-22-38(47-2)23-14-33)15-24-40(39)43-36-18-9-31(10-19-36)29-5-3-28(26-44)4-6-29/h28-40,43-45H,3-26H2,1-2H3. The second kappa shape index (κ2) is 17.0. The summed E-state index contributed by atoms with van der Waals surface area (Å²) in [7, 11) is 3.72. The van der Waals surface area contributed by atoms with E-state index in [4.69, 9.17) is 9.47 Å². The summed E-state index contributed by atoms with van der Waals surface area (Å²) in [6, 6.07) is 3.41. The number of aliphatic hydroxyl groups is 2. The first-order chi connectivity index (χ1) is 22.9. The van der Waals surface area contributed by atoms with Crippen LogP contribution in [0, 0.1) is 64.6 Å². The Morgan fingerprint density at radius 3 is 1.49 bits per heavy atom. The number of hydrogen-bond donors (Lipinski definition) is 3. The monoisotopic (exact) mass is 655 g/mol. The Bertz CT molecular complexity index is 962. The maximum Gasteiger partial charge on any atom is 0.158 e. The molecule has 4 atom stereocenters. The summed E-state index contributed by atoms with van der Waals surface area (Å²) in [6.07, 6.45) is 28.4. The number of rotatable bonds is 10. The van der Waals surface area contributed by atoms with Gasteiger partial charge < -0.3 is 25.0 Å². The highest BCUT2D eigenvalue weighted by molar-refractivity contribution is 5.14. The van der Waals surface area contributed by atoms with Crippen molar-refractivity contribution in [1.29, 1.82) is 5.26 Å². The molecule has 6 aliphatic carbocycles. The minimum absolute atomic E-state index is 0.0246. The third-order valence-corrected chi connectivity index (χ3v) is 15.5. The fourth-order valence-electron chi connectivity index (χ4n) is 12.3. The van der Waals surface area contributed by atoms with Crippen molar-refractivity contribution in [3.8, 4) is 6.07 Å². The molecule has 0 aromatic carbocycles. The van der Waals surface area contributed by atoms with Gasteiger partial charge in [0.25, 0.3) is 0 Å². The van der Waals surface area contributed by atoms with Gasteiger partial charge in [-0.1, -0.05) is 0 Å². The molecule has 0 aromatic heterocycles. The summed E-state index contributed by atoms with van der Waals surface area (Å²) in [4.78, 5) is 0. The molecule has 47 heavy (non-hydrogen) atoms. The van der Waals surface area contributed by atoms with E-state index in [9.17, 15) is 15.5 Å². The van der Waals surface area contributed by atoms with E-state index in [0.29, 0.717) is 42.6 Å². The normalized spacial score (nSPS) is 45.0. The highest BCUT2D eigenvalue weighted by atomic mass is 16.5. The van der Waals surface area contributed by atoms with Crippen LogP contribution >= 0.6 is 0 Å². The molecule has 268 valence electrons. The number of methoxy groups -OCH3 is 2. The van der Waals surface area contributed by atoms with Crippen LogP contribution in [0.5, 0.6) is 0 Å². The average Bonchev–Trinajstić information content (AvgIpc) is 3.15. The van der Waals surface area contributed by atoms with E-state index in [1.807, 2.05) is 14.2 Å². The van der Waals surface area contributed by atoms with Crippen molar-refractivity contribution in [2.45, 2.75) is 178 Å². The van der Waals surface area contributed by atoms with Gasteiger partial charge in [-0.3, -0.25) is 0 Å². The molecular weight excluding hydrogens is 584 g/mol. The van der Waals surface area contributed by atoms with Crippen LogP contribution < -0.4 is 5.32 Å². The maximum atomic E-state index is 12.6. The van der Waals surface area contributed by atoms with Crippen LogP contribution in [0.1, 0.15) is 148 Å². The lowest BCUT2D eigenvalue weighted by molar-refractivity contribution is -0.0802. The second-order valence-corrected chi connectivity index (χ2v) is 17.6. The maximum absolute atomic E-state index is 12.6. The van der Waals surface area contributed by atoms with Crippen molar-refractivity contribution in [2.75, 3.05) is 20.8 Å². The van der Waals surface area contributed by atoms with Crippen LogP contribution in [-0.4, -0.2) is 60.9 Å². The minimum Gasteiger partial charge on any atom is -0.396 e. The van der Waals surface area contributed by atoms with E-state index in [1.165, 1.54) is 109 Å². The van der Waals surface area contributed by atoms with E-state index in [0.717, 1.165) is 62.2 Å². The summed E-state index contributed by atoms with van der Waals surface area (Å²) >= 11 is 0. The van der Waals surface area contributed by atoms with Crippen LogP contribution in [-0.2, 0) is 9.47 Å². The Kier molecular flexibility index (Phi) is 13.1. The van der Waals surface area contributed by atoms with E-state index in [2.05, 4.69) is 11.4 Å². The molecule has 4 unspecified atom stereocenters. The quantitative estimate of drug-likeness (QED) is 0.206. The number of aliphatic hydroxyl groups excluding tert-OH is 1. The third-order valence-electron chi connectivity index (χ3n) is 15.5. The SMILES string of the molecule is COC1CCC(C2CCC(C(O)(C#N)C3CC(C4CCC(OC)CC4)CCC3NC3CCC(C4CCC(CO)CC4)CC3)CC2)CC1. The first kappa shape index (κ1) is 36.1. The van der Waals surface area contributed by atoms with E-state index in [-0.39, 0.29) is 17.9 Å². The molecule has 6 aliphatic rings. The highest BCUT2D eigenvalue weighted by Gasteiger charge is 2.52. The lowest BCUT2D eigenvalue weighted by atomic mass is 9.59. The van der Waals surface area contributed by atoms with Gasteiger partial charge in [0.15, 0.2) is 5.60 Å². The van der Waals surface area contributed by atoms with Crippen molar-refractivity contribution in [3.63, 3.8) is 0 Å². The van der Waals surface area contributed by atoms with Crippen molar-refractivity contribution in [1.82, 2.24) is 5.32 Å². The Hall–Kier alpha value is -0.710. The first-order valence-corrected chi connectivity index (χ1v) is 20.5. The fraction of sp³-hybridized carbons (Fsp3) is 0.976. The molecule has 0 heterocycles. The van der Waals surface area contributed by atoms with Crippen LogP contribution in [0.4, 0.5) is 0 Å². The number of nitrogens with zero attached hydrogens (tertiary/aromatic N) is 1. The van der Waals surface area contributed by atoms with E-state index in [1.54, 1.807) is 0 Å². The summed E-state index contributed by atoms with van der Waals surface area (Å²) in [5.74, 6) is 5.24. The van der Waals surface area contributed by atoms with Gasteiger partial charge in [0.2, 0.25) is 0 Å². The molecule has 0 aromatic rings. The van der Waals surface area contributed by atoms with Gasteiger partial charge in [0, 0.05) is 44.7 Å². The largest absolute Gasteiger partial charge is 0.396 e. The summed E-state index contributed by atoms with van der Waals surface area (Å²) < 4.78 is 11.4. The van der Waals surface area contributed by atoms with Gasteiger partial charge in [0.1, 0.15) is 0 Å². The molecule has 6 nitrogen and oxygen atoms in total. The molecule has 0 spiro atoms. The predicted octanol–water partition coefficient (Wildman–Crippen LogP) is 8.19. The fourth-order valence-corrected chi connectivity index (χ4v) is 12.3. The molecule has 3 N–H and O–H groups in total. The lowest BCUT2D eigenvalue weighted by Gasteiger charge is -2.50. The summed E-state index contributed by atoms with van der Waals surface area (Å²) in [5.41, 5.74) is -1.23. The van der Waals surface area contributed by atoms with Crippen LogP contribution in [0.3, 0.4) is 0 Å². The zero-order valence-electron chi connectivity index (χ0n) is 30.1. The van der Waals surface area contributed by atoms with Gasteiger partial charge in [0.05, 0.1) is 18.3 Å². The molecule has 6 heteroatoms. The average molecular weight is 655 g/mol. The molecule has 0 bridgehead atoms. The molecule has 0 radical (unpaired) electrons. The number of nitriles is 1. The Morgan fingerprint density at radius 1 is 0.596 bits per heavy atom. The minimum atomic E-state index is -1.23. The Balaban J connectivity index is 1.09. The van der Waals surface area contributed by atoms with Crippen molar-refractivity contribution in [3.05, 3.63) is 0 Å². The van der Waals surface area contributed by atoms with Crippen LogP contribution in [0.25, 0.3) is 0 Å². The number of nitrogens with one attached hydrogen (secondary N) is 1. The van der Waals surface area contributed by atoms with Crippen LogP contribution in [0.2, 0.25) is 0 Å². The summed E-state index contributed by atoms with van der Waals surface area (Å²) in [5, 5.41) is 37.3. The molecule has 0 aliphatic heterocycles. The smallest absolute Gasteiger partial charge is 0.158 e. The Labute approximate surface area is 287 Å². The first-order valence-electron chi connectivity index (χ1n) is 20.5. The topological polar surface area (TPSA) is 94.7 Å². The number of hydrogen-bond acceptors (Lipinski definition) is 6. The Morgan fingerprint density at radius 2 is 1.02 bits per heavy atom. The van der Waals surface area contributed by atoms with Crippen LogP contribution in [0.15, 0.2) is 0 Å². The molecule has 0 saturated heterocycles. The zero-order chi connectivity index (χ0) is 32.8. The van der Waals surface area contributed by atoms with Gasteiger partial charge >= 0.3 is 0 Å². The van der Waals surface area contributed by atoms with E-state index >= 15 is 0 Å². The number of ether oxygens (including phenoxy) is 2. The van der Waals surface area contributed by atoms with Gasteiger partial charge in [-0.25, -0.2) is 0 Å². The molecular formula is C41H70N2O4. The van der Waals surface area contributed by atoms with Crippen molar-refractivity contribution < 1.29 is 19.7 Å².